The standard InChI is InChI=1S/C23H29N3O2/c1-4-17(2)25-13-11-23(12-14-25)21(27)26(22(28)24(23)3)16-18-9-10-19-7-5-6-8-20(19)15-18/h5-10,15,17H,4,11-14,16H2,1-3H3/t17-/m1/s1. The Bertz CT molecular complexity index is 902. The lowest BCUT2D eigenvalue weighted by atomic mass is 9.85. The SMILES string of the molecule is CC[C@@H](C)N1CCC2(CC1)C(=O)N(Cc1ccc3ccccc3c1)C(=O)N2C. The molecule has 0 unspecified atom stereocenters. The fourth-order valence-electron chi connectivity index (χ4n) is 4.65. The first kappa shape index (κ1) is 18.9. The zero-order valence-corrected chi connectivity index (χ0v) is 17.0. The largest absolute Gasteiger partial charge is 0.327 e. The normalized spacial score (nSPS) is 21.1. The molecule has 0 bridgehead atoms. The van der Waals surface area contributed by atoms with Crippen LogP contribution < -0.4 is 0 Å². The van der Waals surface area contributed by atoms with E-state index in [4.69, 9.17) is 0 Å². The Morgan fingerprint density at radius 1 is 1.04 bits per heavy atom. The minimum atomic E-state index is -0.669. The smallest absolute Gasteiger partial charge is 0.312 e. The van der Waals surface area contributed by atoms with E-state index in [1.165, 1.54) is 4.90 Å². The zero-order valence-electron chi connectivity index (χ0n) is 17.0. The summed E-state index contributed by atoms with van der Waals surface area (Å²) >= 11 is 0. The number of likely N-dealkylation sites (N-methyl/N-ethyl adjacent to an activating group) is 1. The van der Waals surface area contributed by atoms with Gasteiger partial charge in [-0.1, -0.05) is 43.3 Å². The molecule has 0 saturated carbocycles. The maximum Gasteiger partial charge on any atom is 0.327 e. The molecule has 1 atom stereocenters. The molecule has 2 aromatic carbocycles. The molecular weight excluding hydrogens is 350 g/mol. The Hall–Kier alpha value is -2.40. The van der Waals surface area contributed by atoms with Gasteiger partial charge in [0, 0.05) is 26.2 Å². The maximum atomic E-state index is 13.4. The number of amides is 3. The van der Waals surface area contributed by atoms with E-state index < -0.39 is 5.54 Å². The molecule has 0 radical (unpaired) electrons. The Morgan fingerprint density at radius 3 is 2.39 bits per heavy atom. The predicted octanol–water partition coefficient (Wildman–Crippen LogP) is 3.87. The number of imide groups is 1. The Balaban J connectivity index is 1.54. The van der Waals surface area contributed by atoms with Crippen LogP contribution in [-0.4, -0.2) is 58.4 Å². The van der Waals surface area contributed by atoms with Crippen molar-refractivity contribution in [3.63, 3.8) is 0 Å². The van der Waals surface area contributed by atoms with E-state index in [2.05, 4.69) is 43.0 Å². The Labute approximate surface area is 166 Å². The van der Waals surface area contributed by atoms with Gasteiger partial charge in [0.2, 0.25) is 0 Å². The minimum Gasteiger partial charge on any atom is -0.312 e. The second-order valence-electron chi connectivity index (χ2n) is 8.24. The first-order valence-electron chi connectivity index (χ1n) is 10.3. The topological polar surface area (TPSA) is 43.9 Å². The highest BCUT2D eigenvalue weighted by molar-refractivity contribution is 6.07. The van der Waals surface area contributed by atoms with Gasteiger partial charge >= 0.3 is 6.03 Å². The van der Waals surface area contributed by atoms with Gasteiger partial charge in [-0.05, 0) is 48.6 Å². The van der Waals surface area contributed by atoms with E-state index >= 15 is 0 Å². The van der Waals surface area contributed by atoms with Crippen LogP contribution in [0.2, 0.25) is 0 Å². The van der Waals surface area contributed by atoms with Crippen LogP contribution in [0.5, 0.6) is 0 Å². The molecule has 0 aliphatic carbocycles. The summed E-state index contributed by atoms with van der Waals surface area (Å²) < 4.78 is 0. The van der Waals surface area contributed by atoms with Gasteiger partial charge in [-0.3, -0.25) is 9.69 Å². The van der Waals surface area contributed by atoms with Gasteiger partial charge in [0.25, 0.3) is 5.91 Å². The number of fused-ring (bicyclic) bond motifs is 1. The van der Waals surface area contributed by atoms with Crippen LogP contribution in [-0.2, 0) is 11.3 Å². The third kappa shape index (κ3) is 2.98. The quantitative estimate of drug-likeness (QED) is 0.758. The van der Waals surface area contributed by atoms with E-state index in [0.717, 1.165) is 35.8 Å². The number of hydrogen-bond acceptors (Lipinski definition) is 3. The van der Waals surface area contributed by atoms with Crippen molar-refractivity contribution in [3.8, 4) is 0 Å². The van der Waals surface area contributed by atoms with Crippen LogP contribution >= 0.6 is 0 Å². The van der Waals surface area contributed by atoms with Crippen molar-refractivity contribution in [1.82, 2.24) is 14.7 Å². The van der Waals surface area contributed by atoms with E-state index in [1.54, 1.807) is 11.9 Å². The summed E-state index contributed by atoms with van der Waals surface area (Å²) in [6.07, 6.45) is 2.53. The number of likely N-dealkylation sites (tertiary alicyclic amines) is 1. The molecule has 28 heavy (non-hydrogen) atoms. The molecule has 2 fully saturated rings. The molecule has 2 heterocycles. The minimum absolute atomic E-state index is 0.0306. The highest BCUT2D eigenvalue weighted by atomic mass is 16.2. The molecule has 2 saturated heterocycles. The molecule has 2 aliphatic heterocycles. The molecule has 5 heteroatoms. The third-order valence-corrected chi connectivity index (χ3v) is 6.80. The van der Waals surface area contributed by atoms with Crippen LogP contribution in [0.3, 0.4) is 0 Å². The molecule has 4 rings (SSSR count). The van der Waals surface area contributed by atoms with Gasteiger partial charge in [0.1, 0.15) is 5.54 Å². The van der Waals surface area contributed by atoms with E-state index in [9.17, 15) is 9.59 Å². The maximum absolute atomic E-state index is 13.4. The number of piperidine rings is 1. The van der Waals surface area contributed by atoms with Crippen LogP contribution in [0, 0.1) is 0 Å². The van der Waals surface area contributed by atoms with Crippen molar-refractivity contribution < 1.29 is 9.59 Å². The second-order valence-corrected chi connectivity index (χ2v) is 8.24. The molecule has 148 valence electrons. The number of benzene rings is 2. The monoisotopic (exact) mass is 379 g/mol. The van der Waals surface area contributed by atoms with Crippen molar-refractivity contribution in [3.05, 3.63) is 48.0 Å². The molecule has 2 aliphatic rings. The van der Waals surface area contributed by atoms with Gasteiger partial charge in [-0.2, -0.15) is 0 Å². The summed E-state index contributed by atoms with van der Waals surface area (Å²) in [7, 11) is 1.79. The summed E-state index contributed by atoms with van der Waals surface area (Å²) in [5.41, 5.74) is 0.320. The van der Waals surface area contributed by atoms with E-state index in [1.807, 2.05) is 18.2 Å². The lowest BCUT2D eigenvalue weighted by Crippen LogP contribution is -2.56. The van der Waals surface area contributed by atoms with Crippen LogP contribution in [0.25, 0.3) is 10.8 Å². The lowest BCUT2D eigenvalue weighted by Gasteiger charge is -2.42. The van der Waals surface area contributed by atoms with Crippen LogP contribution in [0.1, 0.15) is 38.7 Å². The fourth-order valence-corrected chi connectivity index (χ4v) is 4.65. The summed E-state index contributed by atoms with van der Waals surface area (Å²) in [6.45, 7) is 6.49. The van der Waals surface area contributed by atoms with Gasteiger partial charge in [-0.25, -0.2) is 4.79 Å². The average Bonchev–Trinajstić information content (AvgIpc) is 2.90. The fraction of sp³-hybridized carbons (Fsp3) is 0.478. The number of nitrogens with zero attached hydrogens (tertiary/aromatic N) is 3. The number of rotatable bonds is 4. The zero-order chi connectivity index (χ0) is 19.9. The van der Waals surface area contributed by atoms with Crippen molar-refractivity contribution in [2.45, 2.75) is 51.2 Å². The van der Waals surface area contributed by atoms with Crippen molar-refractivity contribution >= 4 is 22.7 Å². The molecule has 1 spiro atoms. The lowest BCUT2D eigenvalue weighted by molar-refractivity contribution is -0.135. The molecule has 3 amide bonds. The van der Waals surface area contributed by atoms with Crippen LogP contribution in [0.15, 0.2) is 42.5 Å². The van der Waals surface area contributed by atoms with Crippen molar-refractivity contribution in [2.75, 3.05) is 20.1 Å². The first-order chi connectivity index (χ1) is 13.5. The third-order valence-electron chi connectivity index (χ3n) is 6.80. The summed E-state index contributed by atoms with van der Waals surface area (Å²) in [4.78, 5) is 31.9. The summed E-state index contributed by atoms with van der Waals surface area (Å²) in [5.74, 6) is -0.0306. The number of carbonyl (C=O) groups is 2. The van der Waals surface area contributed by atoms with E-state index in [0.29, 0.717) is 25.4 Å². The van der Waals surface area contributed by atoms with Gasteiger partial charge in [-0.15, -0.1) is 0 Å². The number of urea groups is 1. The molecule has 0 aromatic heterocycles. The van der Waals surface area contributed by atoms with Gasteiger partial charge in [0.15, 0.2) is 0 Å². The number of hydrogen-bond donors (Lipinski definition) is 0. The highest BCUT2D eigenvalue weighted by Gasteiger charge is 2.56. The summed E-state index contributed by atoms with van der Waals surface area (Å²) in [6, 6.07) is 14.6. The van der Waals surface area contributed by atoms with Crippen molar-refractivity contribution in [2.24, 2.45) is 0 Å². The number of carbonyl (C=O) groups excluding carboxylic acids is 2. The van der Waals surface area contributed by atoms with Crippen molar-refractivity contribution in [1.29, 1.82) is 0 Å². The average molecular weight is 380 g/mol. The molecule has 2 aromatic rings. The van der Waals surface area contributed by atoms with Gasteiger partial charge < -0.3 is 9.80 Å². The van der Waals surface area contributed by atoms with E-state index in [-0.39, 0.29) is 11.9 Å². The Kier molecular flexibility index (Phi) is 4.88. The summed E-state index contributed by atoms with van der Waals surface area (Å²) in [5, 5.41) is 2.29. The Morgan fingerprint density at radius 2 is 1.71 bits per heavy atom. The van der Waals surface area contributed by atoms with Gasteiger partial charge in [0.05, 0.1) is 6.54 Å². The highest BCUT2D eigenvalue weighted by Crippen LogP contribution is 2.37. The van der Waals surface area contributed by atoms with Crippen LogP contribution in [0.4, 0.5) is 4.79 Å². The molecular formula is C23H29N3O2. The second kappa shape index (κ2) is 7.21. The first-order valence-corrected chi connectivity index (χ1v) is 10.3. The molecule has 5 nitrogen and oxygen atoms in total. The molecule has 0 N–H and O–H groups in total. The predicted molar refractivity (Wildman–Crippen MR) is 111 cm³/mol.